The first-order valence-electron chi connectivity index (χ1n) is 4.74. The largest absolute Gasteiger partial charge is 0.342 e. The van der Waals surface area contributed by atoms with Crippen molar-refractivity contribution in [2.45, 2.75) is 37.8 Å². The molecule has 0 atom stereocenters. The molecule has 1 aromatic rings. The molecule has 0 aromatic carbocycles. The average Bonchev–Trinajstić information content (AvgIpc) is 2.78. The highest BCUT2D eigenvalue weighted by atomic mass is 35.5. The molecule has 2 bridgehead atoms. The van der Waals surface area contributed by atoms with E-state index in [1.165, 1.54) is 25.7 Å². The van der Waals surface area contributed by atoms with Gasteiger partial charge in [0.15, 0.2) is 5.13 Å². The second kappa shape index (κ2) is 2.85. The number of fused-ring (bicyclic) bond motifs is 2. The van der Waals surface area contributed by atoms with Crippen LogP contribution < -0.4 is 4.90 Å². The van der Waals surface area contributed by atoms with Crippen LogP contribution in [0, 0.1) is 0 Å². The molecule has 0 radical (unpaired) electrons. The number of halogens is 1. The highest BCUT2D eigenvalue weighted by Crippen LogP contribution is 2.42. The summed E-state index contributed by atoms with van der Waals surface area (Å²) >= 11 is 7.50. The van der Waals surface area contributed by atoms with Gasteiger partial charge in [0.2, 0.25) is 0 Å². The van der Waals surface area contributed by atoms with Crippen LogP contribution in [0.1, 0.15) is 25.7 Å². The zero-order valence-electron chi connectivity index (χ0n) is 7.24. The molecule has 0 amide bonds. The molecule has 2 aliphatic rings. The van der Waals surface area contributed by atoms with Crippen molar-refractivity contribution in [2.75, 3.05) is 4.90 Å². The molecule has 0 unspecified atom stereocenters. The van der Waals surface area contributed by atoms with E-state index in [1.807, 2.05) is 5.38 Å². The highest BCUT2D eigenvalue weighted by molar-refractivity contribution is 7.14. The molecule has 13 heavy (non-hydrogen) atoms. The van der Waals surface area contributed by atoms with Gasteiger partial charge in [-0.1, -0.05) is 11.6 Å². The van der Waals surface area contributed by atoms with Crippen LogP contribution in [-0.4, -0.2) is 17.1 Å². The Bertz CT molecular complexity index is 305. The van der Waals surface area contributed by atoms with E-state index in [-0.39, 0.29) is 0 Å². The first-order valence-corrected chi connectivity index (χ1v) is 6.00. The Labute approximate surface area is 86.5 Å². The number of nitrogens with zero attached hydrogens (tertiary/aromatic N) is 2. The minimum absolute atomic E-state index is 0.645. The van der Waals surface area contributed by atoms with Crippen molar-refractivity contribution in [2.24, 2.45) is 0 Å². The summed E-state index contributed by atoms with van der Waals surface area (Å²) in [7, 11) is 0. The van der Waals surface area contributed by atoms with E-state index in [2.05, 4.69) is 9.88 Å². The Morgan fingerprint density at radius 2 is 1.92 bits per heavy atom. The fourth-order valence-electron chi connectivity index (χ4n) is 2.59. The Hall–Kier alpha value is -0.280. The molecule has 0 aliphatic carbocycles. The molecule has 2 aliphatic heterocycles. The predicted octanol–water partition coefficient (Wildman–Crippen LogP) is 2.93. The molecule has 3 heterocycles. The van der Waals surface area contributed by atoms with Gasteiger partial charge in [-0.25, -0.2) is 4.98 Å². The molecule has 70 valence electrons. The first-order chi connectivity index (χ1) is 6.34. The Kier molecular flexibility index (Phi) is 1.77. The SMILES string of the molecule is Clc1csc(N2C3CCC2CC3)n1. The van der Waals surface area contributed by atoms with Crippen LogP contribution in [0.5, 0.6) is 0 Å². The summed E-state index contributed by atoms with van der Waals surface area (Å²) in [5.41, 5.74) is 0. The minimum Gasteiger partial charge on any atom is -0.342 e. The minimum atomic E-state index is 0.645. The molecule has 2 saturated heterocycles. The monoisotopic (exact) mass is 214 g/mol. The molecule has 2 fully saturated rings. The molecule has 4 heteroatoms. The lowest BCUT2D eigenvalue weighted by Gasteiger charge is -2.20. The summed E-state index contributed by atoms with van der Waals surface area (Å²) in [6, 6.07) is 1.51. The highest BCUT2D eigenvalue weighted by Gasteiger charge is 2.40. The first kappa shape index (κ1) is 8.06. The molecule has 3 rings (SSSR count). The van der Waals surface area contributed by atoms with Crippen molar-refractivity contribution >= 4 is 28.1 Å². The van der Waals surface area contributed by atoms with Gasteiger partial charge in [0.25, 0.3) is 0 Å². The van der Waals surface area contributed by atoms with Crippen LogP contribution in [-0.2, 0) is 0 Å². The Morgan fingerprint density at radius 1 is 1.31 bits per heavy atom. The van der Waals surface area contributed by atoms with Crippen molar-refractivity contribution in [3.8, 4) is 0 Å². The number of rotatable bonds is 1. The van der Waals surface area contributed by atoms with Gasteiger partial charge in [-0.05, 0) is 25.7 Å². The van der Waals surface area contributed by atoms with E-state index >= 15 is 0 Å². The van der Waals surface area contributed by atoms with Gasteiger partial charge in [0.1, 0.15) is 5.15 Å². The summed E-state index contributed by atoms with van der Waals surface area (Å²) < 4.78 is 0. The van der Waals surface area contributed by atoms with Crippen LogP contribution in [0.4, 0.5) is 5.13 Å². The van der Waals surface area contributed by atoms with Crippen molar-refractivity contribution in [3.63, 3.8) is 0 Å². The third kappa shape index (κ3) is 1.17. The third-order valence-electron chi connectivity index (χ3n) is 3.14. The average molecular weight is 215 g/mol. The summed E-state index contributed by atoms with van der Waals surface area (Å²) in [5.74, 6) is 0. The van der Waals surface area contributed by atoms with E-state index in [9.17, 15) is 0 Å². The topological polar surface area (TPSA) is 16.1 Å². The van der Waals surface area contributed by atoms with Crippen molar-refractivity contribution < 1.29 is 0 Å². The predicted molar refractivity (Wildman–Crippen MR) is 55.6 cm³/mol. The Morgan fingerprint density at radius 3 is 2.38 bits per heavy atom. The number of thiazole rings is 1. The summed E-state index contributed by atoms with van der Waals surface area (Å²) in [6.45, 7) is 0. The lowest BCUT2D eigenvalue weighted by atomic mass is 10.0. The number of aromatic nitrogens is 1. The van der Waals surface area contributed by atoms with E-state index in [0.717, 1.165) is 17.2 Å². The second-order valence-electron chi connectivity index (χ2n) is 3.82. The second-order valence-corrected chi connectivity index (χ2v) is 5.05. The van der Waals surface area contributed by atoms with E-state index in [1.54, 1.807) is 11.3 Å². The number of hydrogen-bond donors (Lipinski definition) is 0. The zero-order valence-corrected chi connectivity index (χ0v) is 8.81. The molecule has 0 spiro atoms. The van der Waals surface area contributed by atoms with Crippen LogP contribution in [0.15, 0.2) is 5.38 Å². The Balaban J connectivity index is 1.93. The van der Waals surface area contributed by atoms with Crippen molar-refractivity contribution in [3.05, 3.63) is 10.5 Å². The molecule has 2 nitrogen and oxygen atoms in total. The quantitative estimate of drug-likeness (QED) is 0.715. The molecular weight excluding hydrogens is 204 g/mol. The summed E-state index contributed by atoms with van der Waals surface area (Å²) in [6.07, 6.45) is 5.40. The number of hydrogen-bond acceptors (Lipinski definition) is 3. The van der Waals surface area contributed by atoms with E-state index in [4.69, 9.17) is 11.6 Å². The van der Waals surface area contributed by atoms with Crippen molar-refractivity contribution in [1.29, 1.82) is 0 Å². The maximum atomic E-state index is 5.83. The molecular formula is C9H11ClN2S. The van der Waals surface area contributed by atoms with Gasteiger partial charge in [0, 0.05) is 17.5 Å². The zero-order chi connectivity index (χ0) is 8.84. The van der Waals surface area contributed by atoms with Crippen LogP contribution in [0.2, 0.25) is 5.15 Å². The smallest absolute Gasteiger partial charge is 0.187 e. The van der Waals surface area contributed by atoms with E-state index in [0.29, 0.717) is 5.15 Å². The maximum absolute atomic E-state index is 5.83. The lowest BCUT2D eigenvalue weighted by molar-refractivity contribution is 0.576. The lowest BCUT2D eigenvalue weighted by Crippen LogP contribution is -2.27. The maximum Gasteiger partial charge on any atom is 0.187 e. The molecule has 0 saturated carbocycles. The van der Waals surface area contributed by atoms with Gasteiger partial charge in [-0.3, -0.25) is 0 Å². The summed E-state index contributed by atoms with van der Waals surface area (Å²) in [4.78, 5) is 6.83. The van der Waals surface area contributed by atoms with Gasteiger partial charge in [0.05, 0.1) is 0 Å². The van der Waals surface area contributed by atoms with Crippen molar-refractivity contribution in [1.82, 2.24) is 4.98 Å². The van der Waals surface area contributed by atoms with E-state index < -0.39 is 0 Å². The van der Waals surface area contributed by atoms with Crippen LogP contribution in [0.3, 0.4) is 0 Å². The standard InChI is InChI=1S/C9H11ClN2S/c10-8-5-13-9(11-8)12-6-1-2-7(12)4-3-6/h5-7H,1-4H2. The van der Waals surface area contributed by atoms with Crippen LogP contribution >= 0.6 is 22.9 Å². The molecule has 0 N–H and O–H groups in total. The van der Waals surface area contributed by atoms with Gasteiger partial charge < -0.3 is 4.90 Å². The fraction of sp³-hybridized carbons (Fsp3) is 0.667. The number of anilines is 1. The van der Waals surface area contributed by atoms with Gasteiger partial charge in [-0.2, -0.15) is 0 Å². The van der Waals surface area contributed by atoms with Gasteiger partial charge in [-0.15, -0.1) is 11.3 Å². The fourth-order valence-corrected chi connectivity index (χ4v) is 3.68. The van der Waals surface area contributed by atoms with Gasteiger partial charge >= 0.3 is 0 Å². The third-order valence-corrected chi connectivity index (χ3v) is 4.31. The van der Waals surface area contributed by atoms with Crippen LogP contribution in [0.25, 0.3) is 0 Å². The summed E-state index contributed by atoms with van der Waals surface area (Å²) in [5, 5.41) is 3.70. The molecule has 1 aromatic heterocycles. The normalized spacial score (nSPS) is 31.6.